The monoisotopic (exact) mass is 942 g/mol. The van der Waals surface area contributed by atoms with Crippen LogP contribution < -0.4 is 16.0 Å². The summed E-state index contributed by atoms with van der Waals surface area (Å²) in [7, 11) is 0. The number of nitrogens with one attached hydrogen (secondary N) is 3. The number of aromatic nitrogens is 1. The summed E-state index contributed by atoms with van der Waals surface area (Å²) in [4.78, 5) is 60.5. The minimum absolute atomic E-state index is 0.00267. The Kier molecular flexibility index (Phi) is 16.9. The first-order valence-electron chi connectivity index (χ1n) is 25.0. The van der Waals surface area contributed by atoms with Crippen LogP contribution in [0.5, 0.6) is 5.75 Å². The number of hydrogen-bond acceptors (Lipinski definition) is 10. The second-order valence-corrected chi connectivity index (χ2v) is 22.1. The molecule has 2 heterocycles. The summed E-state index contributed by atoms with van der Waals surface area (Å²) in [5.74, 6) is 0.248. The molecule has 7 rings (SSSR count). The molecule has 67 heavy (non-hydrogen) atoms. The molecule has 1 aliphatic heterocycles. The third kappa shape index (κ3) is 12.3. The van der Waals surface area contributed by atoms with Crippen LogP contribution in [0.25, 0.3) is 10.4 Å². The lowest BCUT2D eigenvalue weighted by molar-refractivity contribution is -0.144. The molecule has 3 fully saturated rings. The Hall–Kier alpha value is -4.37. The molecule has 1 aromatic heterocycles. The highest BCUT2D eigenvalue weighted by atomic mass is 32.1. The van der Waals surface area contributed by atoms with Crippen molar-refractivity contribution in [2.24, 2.45) is 22.7 Å². The van der Waals surface area contributed by atoms with Gasteiger partial charge in [-0.15, -0.1) is 11.3 Å². The third-order valence-electron chi connectivity index (χ3n) is 15.4. The number of phenolic OH excluding ortho intramolecular Hbond substituents is 1. The Morgan fingerprint density at radius 3 is 2.34 bits per heavy atom. The molecule has 13 nitrogen and oxygen atoms in total. The number of thiazole rings is 1. The van der Waals surface area contributed by atoms with E-state index in [-0.39, 0.29) is 79.0 Å². The number of carbonyl (C=O) groups excluding carboxylic acids is 4. The summed E-state index contributed by atoms with van der Waals surface area (Å²) in [5.41, 5.74) is 6.34. The quantitative estimate of drug-likeness (QED) is 0.0625. The van der Waals surface area contributed by atoms with Gasteiger partial charge in [-0.1, -0.05) is 96.6 Å². The summed E-state index contributed by atoms with van der Waals surface area (Å²) in [6.07, 6.45) is 11.3. The van der Waals surface area contributed by atoms with Crippen molar-refractivity contribution in [3.05, 3.63) is 70.4 Å². The van der Waals surface area contributed by atoms with Gasteiger partial charge >= 0.3 is 0 Å². The SMILES string of the molecule is Cc1ncsc1-c1ccc(CNC(=O)C2CC(O)CN2C(=O)C(NC(=O)CCCCCCCCCCNC(=O)COC2CC3(C)C(O)CCC3C3CCc4cc(O)ccc4C23)C(C)(C)C)cc1. The van der Waals surface area contributed by atoms with E-state index in [1.54, 1.807) is 17.4 Å². The van der Waals surface area contributed by atoms with Crippen molar-refractivity contribution in [1.29, 1.82) is 0 Å². The number of β-amino-alcohol motifs (C(OH)–C–C–N with tert-alkyl or cyclic N) is 1. The Labute approximate surface area is 401 Å². The van der Waals surface area contributed by atoms with Crippen LogP contribution in [0.1, 0.15) is 146 Å². The lowest BCUT2D eigenvalue weighted by atomic mass is 9.54. The maximum atomic E-state index is 14.0. The second-order valence-electron chi connectivity index (χ2n) is 21.2. The lowest BCUT2D eigenvalue weighted by Gasteiger charge is -2.53. The van der Waals surface area contributed by atoms with Gasteiger partial charge in [0.2, 0.25) is 23.6 Å². The maximum Gasteiger partial charge on any atom is 0.246 e. The van der Waals surface area contributed by atoms with E-state index >= 15 is 0 Å². The van der Waals surface area contributed by atoms with Crippen LogP contribution in [-0.2, 0) is 36.9 Å². The van der Waals surface area contributed by atoms with Crippen molar-refractivity contribution < 1.29 is 39.2 Å². The molecule has 0 radical (unpaired) electrons. The van der Waals surface area contributed by atoms with Gasteiger partial charge in [0, 0.05) is 38.4 Å². The molecule has 2 saturated carbocycles. The van der Waals surface area contributed by atoms with Crippen molar-refractivity contribution in [1.82, 2.24) is 25.8 Å². The van der Waals surface area contributed by atoms with E-state index in [1.165, 1.54) is 16.0 Å². The zero-order valence-electron chi connectivity index (χ0n) is 40.4. The van der Waals surface area contributed by atoms with E-state index in [0.717, 1.165) is 98.7 Å². The maximum absolute atomic E-state index is 14.0. The summed E-state index contributed by atoms with van der Waals surface area (Å²) >= 11 is 1.58. The van der Waals surface area contributed by atoms with E-state index in [9.17, 15) is 34.5 Å². The van der Waals surface area contributed by atoms with E-state index in [4.69, 9.17) is 4.74 Å². The Morgan fingerprint density at radius 1 is 0.925 bits per heavy atom. The number of aliphatic hydroxyl groups is 2. The van der Waals surface area contributed by atoms with E-state index in [0.29, 0.717) is 31.2 Å². The highest BCUT2D eigenvalue weighted by Gasteiger charge is 2.58. The normalized spacial score (nSPS) is 26.0. The number of hydrogen-bond donors (Lipinski definition) is 6. The molecule has 0 bridgehead atoms. The minimum atomic E-state index is -0.852. The molecule has 0 spiro atoms. The van der Waals surface area contributed by atoms with Crippen LogP contribution in [0, 0.1) is 29.6 Å². The predicted molar refractivity (Wildman–Crippen MR) is 260 cm³/mol. The van der Waals surface area contributed by atoms with Gasteiger partial charge < -0.3 is 40.9 Å². The van der Waals surface area contributed by atoms with Crippen LogP contribution >= 0.6 is 11.3 Å². The van der Waals surface area contributed by atoms with Gasteiger partial charge in [-0.3, -0.25) is 19.2 Å². The zero-order chi connectivity index (χ0) is 47.9. The topological polar surface area (TPSA) is 190 Å². The summed E-state index contributed by atoms with van der Waals surface area (Å²) in [6, 6.07) is 11.9. The van der Waals surface area contributed by atoms with Crippen LogP contribution in [0.2, 0.25) is 0 Å². The largest absolute Gasteiger partial charge is 0.508 e. The number of unbranched alkanes of at least 4 members (excludes halogenated alkanes) is 7. The van der Waals surface area contributed by atoms with Crippen molar-refractivity contribution in [2.75, 3.05) is 19.7 Å². The van der Waals surface area contributed by atoms with Gasteiger partial charge in [0.25, 0.3) is 0 Å². The molecule has 9 atom stereocenters. The van der Waals surface area contributed by atoms with Crippen LogP contribution in [0.3, 0.4) is 0 Å². The van der Waals surface area contributed by atoms with Crippen molar-refractivity contribution in [3.63, 3.8) is 0 Å². The fourth-order valence-electron chi connectivity index (χ4n) is 11.7. The molecule has 366 valence electrons. The number of carbonyl (C=O) groups is 4. The summed E-state index contributed by atoms with van der Waals surface area (Å²) in [6.45, 7) is 10.8. The fraction of sp³-hybridized carbons (Fsp3) is 0.642. The predicted octanol–water partition coefficient (Wildman–Crippen LogP) is 7.47. The number of aryl methyl sites for hydroxylation is 2. The molecular formula is C53H75N5O8S. The smallest absolute Gasteiger partial charge is 0.246 e. The molecule has 3 aliphatic carbocycles. The zero-order valence-corrected chi connectivity index (χ0v) is 41.2. The number of nitrogens with zero attached hydrogens (tertiary/aromatic N) is 2. The third-order valence-corrected chi connectivity index (χ3v) is 16.4. The summed E-state index contributed by atoms with van der Waals surface area (Å²) in [5, 5.41) is 40.8. The van der Waals surface area contributed by atoms with Crippen LogP contribution in [0.15, 0.2) is 48.0 Å². The van der Waals surface area contributed by atoms with Crippen LogP contribution in [-0.4, -0.2) is 98.9 Å². The number of amides is 4. The number of likely N-dealkylation sites (tertiary alicyclic amines) is 1. The van der Waals surface area contributed by atoms with Gasteiger partial charge in [0.05, 0.1) is 34.4 Å². The minimum Gasteiger partial charge on any atom is -0.508 e. The number of phenols is 1. The molecule has 4 aliphatic rings. The molecular weight excluding hydrogens is 867 g/mol. The van der Waals surface area contributed by atoms with Crippen LogP contribution in [0.4, 0.5) is 0 Å². The van der Waals surface area contributed by atoms with Gasteiger partial charge in [-0.05, 0) is 109 Å². The number of aromatic hydroxyl groups is 1. The van der Waals surface area contributed by atoms with Gasteiger partial charge in [-0.25, -0.2) is 4.98 Å². The van der Waals surface area contributed by atoms with E-state index in [1.807, 2.05) is 69.6 Å². The highest BCUT2D eigenvalue weighted by molar-refractivity contribution is 7.13. The Bertz CT molecular complexity index is 2170. The Morgan fingerprint density at radius 2 is 1.64 bits per heavy atom. The van der Waals surface area contributed by atoms with Gasteiger partial charge in [0.15, 0.2) is 0 Å². The Balaban J connectivity index is 0.760. The van der Waals surface area contributed by atoms with E-state index < -0.39 is 23.6 Å². The molecule has 14 heteroatoms. The highest BCUT2D eigenvalue weighted by Crippen LogP contribution is 2.61. The number of fused-ring (bicyclic) bond motifs is 5. The van der Waals surface area contributed by atoms with Crippen molar-refractivity contribution in [2.45, 2.75) is 174 Å². The number of rotatable bonds is 20. The average molecular weight is 942 g/mol. The molecule has 4 amide bonds. The number of ether oxygens (including phenoxy) is 1. The first-order chi connectivity index (χ1) is 32.0. The number of aliphatic hydroxyl groups excluding tert-OH is 2. The summed E-state index contributed by atoms with van der Waals surface area (Å²) < 4.78 is 6.44. The second kappa shape index (κ2) is 22.4. The van der Waals surface area contributed by atoms with Gasteiger partial charge in [0.1, 0.15) is 24.4 Å². The molecule has 1 saturated heterocycles. The van der Waals surface area contributed by atoms with Crippen molar-refractivity contribution in [3.8, 4) is 16.2 Å². The van der Waals surface area contributed by atoms with Crippen molar-refractivity contribution >= 4 is 35.0 Å². The lowest BCUT2D eigenvalue weighted by Crippen LogP contribution is -2.57. The van der Waals surface area contributed by atoms with Gasteiger partial charge in [-0.2, -0.15) is 0 Å². The first kappa shape index (κ1) is 50.5. The molecule has 6 N–H and O–H groups in total. The molecule has 3 aromatic rings. The fourth-order valence-corrected chi connectivity index (χ4v) is 12.5. The molecule has 2 aromatic carbocycles. The number of benzene rings is 2. The average Bonchev–Trinajstić information content (AvgIpc) is 4.00. The van der Waals surface area contributed by atoms with E-state index in [2.05, 4.69) is 27.9 Å². The standard InChI is InChI=1S/C53H75N5O8S/c1-33-48(67-32-56-33)35-17-15-34(16-18-35)29-55-50(64)42-27-38(60)30-58(42)51(65)49(52(2,3)4)57-45(62)14-12-10-8-6-7-9-11-13-25-54-46(63)31-66-43-28-53(5)41(23-24-44(53)61)40-21-19-36-26-37(59)20-22-39(36)47(40)43/h15-18,20,22,26,32,38,40-44,47,49,59-61H,6-14,19,21,23-25,27-31H2,1-5H3,(H,54,63)(H,55,64)(H,57,62). The first-order valence-corrected chi connectivity index (χ1v) is 25.8. The molecule has 9 unspecified atom stereocenters.